The van der Waals surface area contributed by atoms with Crippen molar-refractivity contribution < 1.29 is 18.3 Å². The lowest BCUT2D eigenvalue weighted by molar-refractivity contribution is 0.104. The minimum Gasteiger partial charge on any atom is -0.395 e. The average Bonchev–Trinajstić information content (AvgIpc) is 3.29. The Bertz CT molecular complexity index is 1190. The highest BCUT2D eigenvalue weighted by Gasteiger charge is 2.28. The number of thiazole rings is 1. The quantitative estimate of drug-likeness (QED) is 0.530. The Balaban J connectivity index is 1.46. The molecule has 3 aromatic rings. The zero-order valence-electron chi connectivity index (χ0n) is 17.7. The summed E-state index contributed by atoms with van der Waals surface area (Å²) in [5.41, 5.74) is 1.53. The molecule has 0 aliphatic carbocycles. The standard InChI is InChI=1S/C23H25N3O4S2/c1-32(29,30)20-9-5-8-18(12-20)22(28)21-13-24-23(31-21)26-11-10-25(19(15-26)16-27)14-17-6-3-2-4-7-17/h2-9,12-13,19,27H,10-11,14-16H2,1H3/t19-/m0/s1. The van der Waals surface area contributed by atoms with E-state index in [4.69, 9.17) is 0 Å². The van der Waals surface area contributed by atoms with E-state index in [9.17, 15) is 18.3 Å². The van der Waals surface area contributed by atoms with Crippen molar-refractivity contribution in [2.24, 2.45) is 0 Å². The normalized spacial score (nSPS) is 17.4. The lowest BCUT2D eigenvalue weighted by Crippen LogP contribution is -2.54. The van der Waals surface area contributed by atoms with Crippen molar-refractivity contribution in [3.05, 3.63) is 76.8 Å². The third-order valence-electron chi connectivity index (χ3n) is 5.56. The number of aromatic nitrogens is 1. The first-order valence-corrected chi connectivity index (χ1v) is 13.0. The number of nitrogens with zero attached hydrogens (tertiary/aromatic N) is 3. The second-order valence-corrected chi connectivity index (χ2v) is 10.9. The summed E-state index contributed by atoms with van der Waals surface area (Å²) in [5, 5.41) is 10.7. The fourth-order valence-corrected chi connectivity index (χ4v) is 5.37. The number of sulfone groups is 1. The smallest absolute Gasteiger partial charge is 0.204 e. The molecule has 1 saturated heterocycles. The van der Waals surface area contributed by atoms with Crippen LogP contribution < -0.4 is 4.90 Å². The number of carbonyl (C=O) groups excluding carboxylic acids is 1. The van der Waals surface area contributed by atoms with Gasteiger partial charge in [-0.3, -0.25) is 9.69 Å². The van der Waals surface area contributed by atoms with Gasteiger partial charge < -0.3 is 10.0 Å². The molecule has 0 bridgehead atoms. The van der Waals surface area contributed by atoms with E-state index in [2.05, 4.69) is 26.9 Å². The van der Waals surface area contributed by atoms with Crippen LogP contribution in [0.2, 0.25) is 0 Å². The number of hydrogen-bond donors (Lipinski definition) is 1. The maximum Gasteiger partial charge on any atom is 0.204 e. The van der Waals surface area contributed by atoms with E-state index in [1.54, 1.807) is 18.3 Å². The Morgan fingerprint density at radius 1 is 1.16 bits per heavy atom. The van der Waals surface area contributed by atoms with Crippen molar-refractivity contribution in [2.75, 3.05) is 37.4 Å². The third kappa shape index (κ3) is 5.07. The van der Waals surface area contributed by atoms with Crippen molar-refractivity contribution in [1.82, 2.24) is 9.88 Å². The number of aliphatic hydroxyl groups excluding tert-OH is 1. The Labute approximate surface area is 191 Å². The molecule has 1 aromatic heterocycles. The summed E-state index contributed by atoms with van der Waals surface area (Å²) in [5.74, 6) is -0.249. The molecule has 1 aliphatic rings. The molecule has 168 valence electrons. The van der Waals surface area contributed by atoms with E-state index >= 15 is 0 Å². The Hall–Kier alpha value is -2.59. The summed E-state index contributed by atoms with van der Waals surface area (Å²) in [7, 11) is -3.39. The summed E-state index contributed by atoms with van der Waals surface area (Å²) in [6.45, 7) is 2.96. The first-order chi connectivity index (χ1) is 15.3. The Morgan fingerprint density at radius 3 is 2.66 bits per heavy atom. The van der Waals surface area contributed by atoms with Gasteiger partial charge in [-0.1, -0.05) is 53.8 Å². The van der Waals surface area contributed by atoms with E-state index < -0.39 is 9.84 Å². The molecule has 1 N–H and O–H groups in total. The summed E-state index contributed by atoms with van der Waals surface area (Å²) < 4.78 is 23.6. The van der Waals surface area contributed by atoms with Crippen LogP contribution in [-0.2, 0) is 16.4 Å². The van der Waals surface area contributed by atoms with Gasteiger partial charge in [0.2, 0.25) is 5.78 Å². The summed E-state index contributed by atoms with van der Waals surface area (Å²) in [6, 6.07) is 16.2. The molecule has 7 nitrogen and oxygen atoms in total. The fraction of sp³-hybridized carbons (Fsp3) is 0.304. The number of aliphatic hydroxyl groups is 1. The molecule has 0 saturated carbocycles. The molecule has 0 unspecified atom stereocenters. The van der Waals surface area contributed by atoms with E-state index in [0.717, 1.165) is 31.0 Å². The van der Waals surface area contributed by atoms with Gasteiger partial charge in [-0.15, -0.1) is 0 Å². The second-order valence-electron chi connectivity index (χ2n) is 7.87. The van der Waals surface area contributed by atoms with Crippen LogP contribution in [-0.4, -0.2) is 67.7 Å². The van der Waals surface area contributed by atoms with Crippen LogP contribution in [0.15, 0.2) is 65.7 Å². The number of rotatable bonds is 7. The van der Waals surface area contributed by atoms with E-state index in [1.807, 2.05) is 18.2 Å². The van der Waals surface area contributed by atoms with Crippen LogP contribution >= 0.6 is 11.3 Å². The highest BCUT2D eigenvalue weighted by atomic mass is 32.2. The van der Waals surface area contributed by atoms with Crippen LogP contribution in [0.5, 0.6) is 0 Å². The first kappa shape index (κ1) is 22.6. The highest BCUT2D eigenvalue weighted by molar-refractivity contribution is 7.90. The van der Waals surface area contributed by atoms with Crippen molar-refractivity contribution in [2.45, 2.75) is 17.5 Å². The molecule has 1 atom stereocenters. The maximum absolute atomic E-state index is 12.9. The summed E-state index contributed by atoms with van der Waals surface area (Å²) >= 11 is 1.29. The van der Waals surface area contributed by atoms with Gasteiger partial charge in [0.15, 0.2) is 15.0 Å². The average molecular weight is 472 g/mol. The van der Waals surface area contributed by atoms with Crippen LogP contribution in [0.25, 0.3) is 0 Å². The van der Waals surface area contributed by atoms with Crippen LogP contribution in [0.1, 0.15) is 20.8 Å². The summed E-state index contributed by atoms with van der Waals surface area (Å²) in [6.07, 6.45) is 2.66. The van der Waals surface area contributed by atoms with Crippen molar-refractivity contribution in [3.63, 3.8) is 0 Å². The molecule has 2 aromatic carbocycles. The van der Waals surface area contributed by atoms with Crippen molar-refractivity contribution in [1.29, 1.82) is 0 Å². The SMILES string of the molecule is CS(=O)(=O)c1cccc(C(=O)c2cnc(N3CCN(Cc4ccccc4)[C@H](CO)C3)s2)c1. The van der Waals surface area contributed by atoms with Gasteiger partial charge in [0.05, 0.1) is 28.6 Å². The zero-order valence-corrected chi connectivity index (χ0v) is 19.3. The van der Waals surface area contributed by atoms with Gasteiger partial charge in [-0.05, 0) is 17.7 Å². The van der Waals surface area contributed by atoms with Crippen LogP contribution in [0.3, 0.4) is 0 Å². The molecule has 0 spiro atoms. The van der Waals surface area contributed by atoms with Crippen LogP contribution in [0.4, 0.5) is 5.13 Å². The predicted octanol–water partition coefficient (Wildman–Crippen LogP) is 2.46. The monoisotopic (exact) mass is 471 g/mol. The molecule has 2 heterocycles. The molecule has 1 fully saturated rings. The summed E-state index contributed by atoms with van der Waals surface area (Å²) in [4.78, 5) is 22.3. The largest absolute Gasteiger partial charge is 0.395 e. The minimum absolute atomic E-state index is 0.0292. The molecule has 32 heavy (non-hydrogen) atoms. The molecule has 9 heteroatoms. The zero-order chi connectivity index (χ0) is 22.7. The molecule has 0 radical (unpaired) electrons. The van der Waals surface area contributed by atoms with Crippen LogP contribution in [0, 0.1) is 0 Å². The van der Waals surface area contributed by atoms with Gasteiger partial charge in [0.25, 0.3) is 0 Å². The molecular weight excluding hydrogens is 446 g/mol. The lowest BCUT2D eigenvalue weighted by atomic mass is 10.1. The predicted molar refractivity (Wildman–Crippen MR) is 125 cm³/mol. The van der Waals surface area contributed by atoms with Crippen molar-refractivity contribution >= 4 is 32.1 Å². The number of benzene rings is 2. The maximum atomic E-state index is 12.9. The molecule has 4 rings (SSSR count). The second kappa shape index (κ2) is 9.50. The van der Waals surface area contributed by atoms with E-state index in [1.165, 1.54) is 29.0 Å². The van der Waals surface area contributed by atoms with E-state index in [0.29, 0.717) is 17.0 Å². The van der Waals surface area contributed by atoms with Gasteiger partial charge >= 0.3 is 0 Å². The van der Waals surface area contributed by atoms with E-state index in [-0.39, 0.29) is 23.3 Å². The molecule has 0 amide bonds. The van der Waals surface area contributed by atoms with Gasteiger partial charge in [0, 0.05) is 38.0 Å². The first-order valence-electron chi connectivity index (χ1n) is 10.3. The number of anilines is 1. The van der Waals surface area contributed by atoms with Gasteiger partial charge in [-0.2, -0.15) is 0 Å². The Kier molecular flexibility index (Phi) is 6.71. The number of hydrogen-bond acceptors (Lipinski definition) is 8. The third-order valence-corrected chi connectivity index (χ3v) is 7.72. The number of ketones is 1. The number of piperazine rings is 1. The topological polar surface area (TPSA) is 90.8 Å². The molecular formula is C23H25N3O4S2. The van der Waals surface area contributed by atoms with Crippen molar-refractivity contribution in [3.8, 4) is 0 Å². The highest BCUT2D eigenvalue weighted by Crippen LogP contribution is 2.28. The van der Waals surface area contributed by atoms with Gasteiger partial charge in [0.1, 0.15) is 0 Å². The fourth-order valence-electron chi connectivity index (χ4n) is 3.79. The number of carbonyl (C=O) groups is 1. The van der Waals surface area contributed by atoms with Gasteiger partial charge in [-0.25, -0.2) is 13.4 Å². The Morgan fingerprint density at radius 2 is 1.94 bits per heavy atom. The minimum atomic E-state index is -3.39. The lowest BCUT2D eigenvalue weighted by Gasteiger charge is -2.40. The molecule has 1 aliphatic heterocycles.